The molecule has 2 aliphatic carbocycles. The summed E-state index contributed by atoms with van der Waals surface area (Å²) in [7, 11) is 0. The van der Waals surface area contributed by atoms with E-state index in [0.29, 0.717) is 35.4 Å². The van der Waals surface area contributed by atoms with Crippen molar-refractivity contribution in [1.82, 2.24) is 35.0 Å². The Labute approximate surface area is 229 Å². The van der Waals surface area contributed by atoms with E-state index in [1.54, 1.807) is 23.0 Å². The summed E-state index contributed by atoms with van der Waals surface area (Å²) < 4.78 is 44.0. The van der Waals surface area contributed by atoms with Crippen molar-refractivity contribution < 1.29 is 27.9 Å². The zero-order chi connectivity index (χ0) is 28.6. The maximum absolute atomic E-state index is 14.0. The molecule has 0 aliphatic heterocycles. The predicted molar refractivity (Wildman–Crippen MR) is 138 cm³/mol. The summed E-state index contributed by atoms with van der Waals surface area (Å²) in [5, 5.41) is 24.6. The van der Waals surface area contributed by atoms with Crippen molar-refractivity contribution in [2.75, 3.05) is 0 Å². The highest BCUT2D eigenvalue weighted by molar-refractivity contribution is 5.92. The molecule has 3 N–H and O–H groups in total. The lowest BCUT2D eigenvalue weighted by Crippen LogP contribution is -2.38. The molecule has 13 heteroatoms. The van der Waals surface area contributed by atoms with Gasteiger partial charge >= 0.3 is 0 Å². The molecule has 3 heterocycles. The van der Waals surface area contributed by atoms with Crippen LogP contribution in [0.4, 0.5) is 13.2 Å². The zero-order valence-electron chi connectivity index (χ0n) is 22.4. The van der Waals surface area contributed by atoms with E-state index in [0.717, 1.165) is 0 Å². The van der Waals surface area contributed by atoms with Gasteiger partial charge in [-0.15, -0.1) is 0 Å². The Hall–Kier alpha value is -3.48. The molecular weight excluding hydrogens is 527 g/mol. The third kappa shape index (κ3) is 6.13. The van der Waals surface area contributed by atoms with Crippen molar-refractivity contribution in [3.63, 3.8) is 0 Å². The third-order valence-electron chi connectivity index (χ3n) is 7.86. The van der Waals surface area contributed by atoms with Gasteiger partial charge in [-0.1, -0.05) is 0 Å². The summed E-state index contributed by atoms with van der Waals surface area (Å²) in [5.74, 6) is -3.80. The minimum atomic E-state index is -2.73. The minimum absolute atomic E-state index is 0.0243. The fraction of sp³-hybridized carbons (Fsp3) is 0.593. The summed E-state index contributed by atoms with van der Waals surface area (Å²) in [4.78, 5) is 30.2. The number of aromatic nitrogens is 5. The summed E-state index contributed by atoms with van der Waals surface area (Å²) in [6, 6.07) is 2.46. The van der Waals surface area contributed by atoms with Gasteiger partial charge in [0.25, 0.3) is 5.91 Å². The number of aliphatic hydroxyl groups excluding tert-OH is 1. The molecule has 0 bridgehead atoms. The van der Waals surface area contributed by atoms with E-state index in [2.05, 4.69) is 25.8 Å². The average Bonchev–Trinajstić information content (AvgIpc) is 3.53. The lowest BCUT2D eigenvalue weighted by atomic mass is 9.81. The van der Waals surface area contributed by atoms with Gasteiger partial charge in [-0.25, -0.2) is 22.7 Å². The van der Waals surface area contributed by atoms with E-state index >= 15 is 0 Å². The summed E-state index contributed by atoms with van der Waals surface area (Å²) in [6.07, 6.45) is 3.07. The molecule has 0 radical (unpaired) electrons. The van der Waals surface area contributed by atoms with Crippen LogP contribution in [0, 0.1) is 11.8 Å². The number of rotatable bonds is 9. The predicted octanol–water partition coefficient (Wildman–Crippen LogP) is 4.05. The fourth-order valence-corrected chi connectivity index (χ4v) is 5.54. The van der Waals surface area contributed by atoms with Gasteiger partial charge < -0.3 is 15.7 Å². The number of fused-ring (bicyclic) bond motifs is 1. The molecule has 2 atom stereocenters. The summed E-state index contributed by atoms with van der Waals surface area (Å²) in [6.45, 7) is 3.80. The number of carbonyl (C=O) groups is 2. The van der Waals surface area contributed by atoms with Gasteiger partial charge in [-0.05, 0) is 63.5 Å². The molecule has 3 aromatic heterocycles. The van der Waals surface area contributed by atoms with Crippen LogP contribution in [0.5, 0.6) is 0 Å². The standard InChI is InChI=1S/C27H34F3N7O3/c1-15(2)37-21(5-8-31-37)26(40)35-24(17-3-6-27(29,30)7-4-17)20-14-36-22(33-20)12-18(13-32-36)25(39)34-23(38)11-16-9-19(28)10-16/h5,8,12-17,19,24-25,39H,3-4,6-7,9-11H2,1-2H3,(H,34,38)(H,35,40)/t16-,19+,24-,25+/m0/s1. The van der Waals surface area contributed by atoms with Crippen LogP contribution in [0.15, 0.2) is 30.7 Å². The Morgan fingerprint density at radius 2 is 1.90 bits per heavy atom. The molecule has 2 amide bonds. The van der Waals surface area contributed by atoms with Crippen LogP contribution in [0.2, 0.25) is 0 Å². The summed E-state index contributed by atoms with van der Waals surface area (Å²) >= 11 is 0. The van der Waals surface area contributed by atoms with Crippen molar-refractivity contribution >= 4 is 17.5 Å². The Kier molecular flexibility index (Phi) is 7.85. The highest BCUT2D eigenvalue weighted by atomic mass is 19.3. The molecule has 10 nitrogen and oxygen atoms in total. The first-order chi connectivity index (χ1) is 19.0. The van der Waals surface area contributed by atoms with Crippen LogP contribution in [-0.4, -0.2) is 53.4 Å². The van der Waals surface area contributed by atoms with Gasteiger partial charge in [-0.2, -0.15) is 10.2 Å². The molecule has 40 heavy (non-hydrogen) atoms. The van der Waals surface area contributed by atoms with Crippen molar-refractivity contribution in [2.45, 2.75) is 89.2 Å². The van der Waals surface area contributed by atoms with Gasteiger partial charge in [-0.3, -0.25) is 14.3 Å². The zero-order valence-corrected chi connectivity index (χ0v) is 22.4. The number of nitrogens with zero attached hydrogens (tertiary/aromatic N) is 5. The van der Waals surface area contributed by atoms with E-state index < -0.39 is 24.4 Å². The van der Waals surface area contributed by atoms with Crippen LogP contribution in [0.25, 0.3) is 5.65 Å². The molecule has 0 aromatic carbocycles. The topological polar surface area (TPSA) is 126 Å². The molecule has 2 fully saturated rings. The van der Waals surface area contributed by atoms with Crippen LogP contribution < -0.4 is 10.6 Å². The Morgan fingerprint density at radius 1 is 1.18 bits per heavy atom. The lowest BCUT2D eigenvalue weighted by molar-refractivity contribution is -0.126. The smallest absolute Gasteiger partial charge is 0.270 e. The van der Waals surface area contributed by atoms with Crippen LogP contribution >= 0.6 is 0 Å². The number of amides is 2. The molecule has 5 rings (SSSR count). The van der Waals surface area contributed by atoms with E-state index in [1.807, 2.05) is 13.8 Å². The first kappa shape index (κ1) is 28.1. The number of aliphatic hydroxyl groups is 1. The van der Waals surface area contributed by atoms with Crippen molar-refractivity contribution in [3.8, 4) is 0 Å². The lowest BCUT2D eigenvalue weighted by Gasteiger charge is -2.33. The van der Waals surface area contributed by atoms with E-state index in [-0.39, 0.29) is 61.8 Å². The number of hydrogen-bond acceptors (Lipinski definition) is 6. The van der Waals surface area contributed by atoms with Gasteiger partial charge in [0.1, 0.15) is 11.9 Å². The third-order valence-corrected chi connectivity index (χ3v) is 7.86. The molecular formula is C27H34F3N7O3. The van der Waals surface area contributed by atoms with E-state index in [9.17, 15) is 27.9 Å². The normalized spacial score (nSPS) is 22.6. The summed E-state index contributed by atoms with van der Waals surface area (Å²) in [5.41, 5.74) is 1.46. The second-order valence-corrected chi connectivity index (χ2v) is 11.3. The number of nitrogens with one attached hydrogen (secondary N) is 2. The highest BCUT2D eigenvalue weighted by Gasteiger charge is 2.39. The van der Waals surface area contributed by atoms with Crippen molar-refractivity contribution in [2.24, 2.45) is 11.8 Å². The van der Waals surface area contributed by atoms with Crippen molar-refractivity contribution in [3.05, 3.63) is 47.7 Å². The van der Waals surface area contributed by atoms with Crippen molar-refractivity contribution in [1.29, 1.82) is 0 Å². The first-order valence-electron chi connectivity index (χ1n) is 13.7. The fourth-order valence-electron chi connectivity index (χ4n) is 5.54. The molecule has 2 aliphatic rings. The molecule has 0 spiro atoms. The quantitative estimate of drug-likeness (QED) is 0.339. The number of carbonyl (C=O) groups excluding carboxylic acids is 2. The first-order valence-corrected chi connectivity index (χ1v) is 13.7. The molecule has 0 unspecified atom stereocenters. The average molecular weight is 562 g/mol. The van der Waals surface area contributed by atoms with Crippen LogP contribution in [0.1, 0.15) is 98.9 Å². The SMILES string of the molecule is CC(C)n1nccc1C(=O)N[C@H](c1cn2ncc([C@@H](O)NC(=O)C[C@H]3C[C@@H](F)C3)cc2n1)C1CCC(F)(F)CC1. The van der Waals surface area contributed by atoms with Gasteiger partial charge in [0.05, 0.1) is 24.1 Å². The molecule has 2 saturated carbocycles. The largest absolute Gasteiger partial charge is 0.369 e. The number of imidazole rings is 1. The molecule has 0 saturated heterocycles. The Morgan fingerprint density at radius 3 is 2.58 bits per heavy atom. The number of halogens is 3. The highest BCUT2D eigenvalue weighted by Crippen LogP contribution is 2.41. The maximum Gasteiger partial charge on any atom is 0.270 e. The van der Waals surface area contributed by atoms with Crippen LogP contribution in [-0.2, 0) is 4.79 Å². The van der Waals surface area contributed by atoms with Gasteiger partial charge in [0, 0.05) is 37.1 Å². The molecule has 216 valence electrons. The van der Waals surface area contributed by atoms with E-state index in [4.69, 9.17) is 0 Å². The number of alkyl halides is 3. The van der Waals surface area contributed by atoms with E-state index in [1.165, 1.54) is 16.9 Å². The Balaban J connectivity index is 1.36. The second-order valence-electron chi connectivity index (χ2n) is 11.3. The van der Waals surface area contributed by atoms with Crippen LogP contribution in [0.3, 0.4) is 0 Å². The van der Waals surface area contributed by atoms with Gasteiger partial charge in [0.2, 0.25) is 11.8 Å². The number of hydrogen-bond donors (Lipinski definition) is 3. The van der Waals surface area contributed by atoms with Gasteiger partial charge in [0.15, 0.2) is 11.9 Å². The molecule has 3 aromatic rings. The Bertz CT molecular complexity index is 1360. The monoisotopic (exact) mass is 561 g/mol. The minimum Gasteiger partial charge on any atom is -0.369 e. The maximum atomic E-state index is 14.0. The second kappa shape index (κ2) is 11.2.